The van der Waals surface area contributed by atoms with Gasteiger partial charge in [-0.15, -0.1) is 0 Å². The molecule has 0 radical (unpaired) electrons. The van der Waals surface area contributed by atoms with Crippen LogP contribution in [0.15, 0.2) is 11.4 Å². The van der Waals surface area contributed by atoms with Crippen LogP contribution >= 0.6 is 0 Å². The zero-order valence-corrected chi connectivity index (χ0v) is 6.68. The Hall–Kier alpha value is -1.19. The van der Waals surface area contributed by atoms with E-state index in [1.807, 2.05) is 0 Å². The fourth-order valence-electron chi connectivity index (χ4n) is 0.980. The first kappa shape index (κ1) is 7.91. The average Bonchev–Trinajstić information content (AvgIpc) is 2.69. The molecule has 0 aliphatic heterocycles. The van der Waals surface area contributed by atoms with Crippen LogP contribution in [-0.2, 0) is 9.63 Å². The van der Waals surface area contributed by atoms with Gasteiger partial charge >= 0.3 is 6.47 Å². The largest absolute Gasteiger partial charge is 0.373 e. The number of allylic oxidation sites excluding steroid dienone is 1. The van der Waals surface area contributed by atoms with Crippen molar-refractivity contribution in [2.45, 2.75) is 13.3 Å². The molecule has 1 aliphatic carbocycles. The monoisotopic (exact) mass is 156 g/mol. The van der Waals surface area contributed by atoms with Gasteiger partial charge in [-0.1, -0.05) is 6.92 Å². The van der Waals surface area contributed by atoms with Crippen molar-refractivity contribution in [3.63, 3.8) is 0 Å². The van der Waals surface area contributed by atoms with Crippen molar-refractivity contribution in [1.29, 1.82) is 0 Å². The molecule has 1 saturated carbocycles. The van der Waals surface area contributed by atoms with Gasteiger partial charge in [-0.3, -0.25) is 4.79 Å². The molecule has 11 heavy (non-hydrogen) atoms. The molecular weight excluding hydrogens is 144 g/mol. The first-order valence-corrected chi connectivity index (χ1v) is 3.55. The van der Waals surface area contributed by atoms with Gasteiger partial charge in [-0.05, 0) is 17.9 Å². The molecule has 0 spiro atoms. The van der Waals surface area contributed by atoms with Gasteiger partial charge in [0.1, 0.15) is 5.82 Å². The molecule has 0 heterocycles. The van der Waals surface area contributed by atoms with Crippen LogP contribution in [0.5, 0.6) is 0 Å². The predicted molar refractivity (Wildman–Crippen MR) is 40.2 cm³/mol. The molecule has 4 nitrogen and oxygen atoms in total. The highest BCUT2D eigenvalue weighted by atomic mass is 16.7. The summed E-state index contributed by atoms with van der Waals surface area (Å²) in [6, 6.07) is 0. The normalized spacial score (nSPS) is 25.5. The molecule has 4 heteroatoms. The molecule has 0 amide bonds. The summed E-state index contributed by atoms with van der Waals surface area (Å²) in [5, 5.41) is 2.91. The van der Waals surface area contributed by atoms with Crippen LogP contribution in [-0.4, -0.2) is 13.5 Å². The van der Waals surface area contributed by atoms with Crippen LogP contribution in [0.25, 0.3) is 0 Å². The third kappa shape index (κ3) is 1.86. The predicted octanol–water partition coefficient (Wildman–Crippen LogP) is 0.135. The summed E-state index contributed by atoms with van der Waals surface area (Å²) in [7, 11) is 1.79. The minimum Gasteiger partial charge on any atom is -0.373 e. The molecule has 0 aromatic rings. The SMILES string of the molecule is CN/C(NOC=O)=C1\CC1C. The summed E-state index contributed by atoms with van der Waals surface area (Å²) in [6.07, 6.45) is 1.07. The van der Waals surface area contributed by atoms with Crippen LogP contribution in [0.2, 0.25) is 0 Å². The van der Waals surface area contributed by atoms with Gasteiger partial charge in [0.2, 0.25) is 0 Å². The first-order valence-electron chi connectivity index (χ1n) is 3.55. The summed E-state index contributed by atoms with van der Waals surface area (Å²) in [5.74, 6) is 1.42. The van der Waals surface area contributed by atoms with E-state index in [9.17, 15) is 4.79 Å². The zero-order chi connectivity index (χ0) is 8.27. The molecule has 0 aromatic heterocycles. The molecule has 1 unspecified atom stereocenters. The lowest BCUT2D eigenvalue weighted by Gasteiger charge is -2.05. The van der Waals surface area contributed by atoms with Crippen molar-refractivity contribution < 1.29 is 9.63 Å². The third-order valence-corrected chi connectivity index (χ3v) is 1.74. The molecule has 1 aliphatic rings. The van der Waals surface area contributed by atoms with Crippen molar-refractivity contribution in [3.05, 3.63) is 11.4 Å². The molecule has 1 rings (SSSR count). The quantitative estimate of drug-likeness (QED) is 0.449. The van der Waals surface area contributed by atoms with E-state index in [2.05, 4.69) is 22.6 Å². The van der Waals surface area contributed by atoms with Gasteiger partial charge < -0.3 is 10.2 Å². The summed E-state index contributed by atoms with van der Waals surface area (Å²) in [5.41, 5.74) is 3.78. The van der Waals surface area contributed by atoms with E-state index in [-0.39, 0.29) is 0 Å². The Labute approximate surface area is 65.6 Å². The van der Waals surface area contributed by atoms with Crippen molar-refractivity contribution in [3.8, 4) is 0 Å². The highest BCUT2D eigenvalue weighted by Crippen LogP contribution is 2.37. The van der Waals surface area contributed by atoms with Gasteiger partial charge in [0.05, 0.1) is 0 Å². The smallest absolute Gasteiger partial charge is 0.320 e. The lowest BCUT2D eigenvalue weighted by atomic mass is 10.4. The maximum absolute atomic E-state index is 9.81. The highest BCUT2D eigenvalue weighted by Gasteiger charge is 2.28. The van der Waals surface area contributed by atoms with Gasteiger partial charge in [-0.2, -0.15) is 0 Å². The van der Waals surface area contributed by atoms with E-state index >= 15 is 0 Å². The van der Waals surface area contributed by atoms with E-state index in [1.165, 1.54) is 5.57 Å². The van der Waals surface area contributed by atoms with Crippen LogP contribution in [0.3, 0.4) is 0 Å². The Kier molecular flexibility index (Phi) is 2.36. The minimum absolute atomic E-state index is 0.366. The maximum Gasteiger partial charge on any atom is 0.320 e. The number of rotatable bonds is 4. The highest BCUT2D eigenvalue weighted by molar-refractivity contribution is 5.37. The van der Waals surface area contributed by atoms with Gasteiger partial charge in [0.15, 0.2) is 0 Å². The van der Waals surface area contributed by atoms with Gasteiger partial charge in [0.25, 0.3) is 0 Å². The van der Waals surface area contributed by atoms with Gasteiger partial charge in [0, 0.05) is 7.05 Å². The molecule has 0 saturated heterocycles. The lowest BCUT2D eigenvalue weighted by Crippen LogP contribution is -2.23. The number of nitrogens with one attached hydrogen (secondary N) is 2. The van der Waals surface area contributed by atoms with E-state index in [1.54, 1.807) is 7.05 Å². The Morgan fingerprint density at radius 2 is 2.45 bits per heavy atom. The Balaban J connectivity index is 2.44. The minimum atomic E-state index is 0.366. The van der Waals surface area contributed by atoms with Crippen LogP contribution in [0.4, 0.5) is 0 Å². The fraction of sp³-hybridized carbons (Fsp3) is 0.571. The standard InChI is InChI=1S/C7H12N2O2/c1-5-3-6(5)7(8-2)9-11-4-10/h4-5,8-9H,3H2,1-2H3/b7-6-. The Morgan fingerprint density at radius 3 is 2.82 bits per heavy atom. The van der Waals surface area contributed by atoms with E-state index in [0.29, 0.717) is 12.4 Å². The number of hydrogen-bond donors (Lipinski definition) is 2. The Bertz CT molecular complexity index is 189. The molecule has 0 aromatic carbocycles. The van der Waals surface area contributed by atoms with Crippen LogP contribution in [0.1, 0.15) is 13.3 Å². The number of hydrogen-bond acceptors (Lipinski definition) is 4. The van der Waals surface area contributed by atoms with Gasteiger partial charge in [-0.25, -0.2) is 5.48 Å². The summed E-state index contributed by atoms with van der Waals surface area (Å²) in [4.78, 5) is 14.2. The van der Waals surface area contributed by atoms with Crippen molar-refractivity contribution in [1.82, 2.24) is 10.8 Å². The van der Waals surface area contributed by atoms with E-state index in [4.69, 9.17) is 0 Å². The molecule has 62 valence electrons. The number of carbonyl (C=O) groups is 1. The summed E-state index contributed by atoms with van der Waals surface area (Å²) in [6.45, 7) is 2.49. The second kappa shape index (κ2) is 3.27. The van der Waals surface area contributed by atoms with E-state index in [0.717, 1.165) is 12.2 Å². The lowest BCUT2D eigenvalue weighted by molar-refractivity contribution is -0.134. The van der Waals surface area contributed by atoms with Crippen molar-refractivity contribution >= 4 is 6.47 Å². The second-order valence-corrected chi connectivity index (χ2v) is 2.57. The number of hydroxylamine groups is 1. The van der Waals surface area contributed by atoms with Crippen molar-refractivity contribution in [2.24, 2.45) is 5.92 Å². The summed E-state index contributed by atoms with van der Waals surface area (Å²) < 4.78 is 0. The molecule has 2 N–H and O–H groups in total. The fourth-order valence-corrected chi connectivity index (χ4v) is 0.980. The molecule has 1 atom stereocenters. The van der Waals surface area contributed by atoms with Crippen molar-refractivity contribution in [2.75, 3.05) is 7.05 Å². The van der Waals surface area contributed by atoms with Crippen LogP contribution < -0.4 is 10.8 Å². The molecular formula is C7H12N2O2. The second-order valence-electron chi connectivity index (χ2n) is 2.57. The Morgan fingerprint density at radius 1 is 1.82 bits per heavy atom. The zero-order valence-electron chi connectivity index (χ0n) is 6.68. The first-order chi connectivity index (χ1) is 5.29. The number of carbonyl (C=O) groups excluding carboxylic acids is 1. The van der Waals surface area contributed by atoms with Crippen LogP contribution in [0, 0.1) is 5.92 Å². The average molecular weight is 156 g/mol. The summed E-state index contributed by atoms with van der Waals surface area (Å²) >= 11 is 0. The topological polar surface area (TPSA) is 50.4 Å². The molecule has 0 bridgehead atoms. The maximum atomic E-state index is 9.81. The third-order valence-electron chi connectivity index (χ3n) is 1.74. The van der Waals surface area contributed by atoms with E-state index < -0.39 is 0 Å². The molecule has 1 fully saturated rings.